The molecule has 0 unspecified atom stereocenters. The first kappa shape index (κ1) is 15.3. The minimum absolute atomic E-state index is 0.0783. The summed E-state index contributed by atoms with van der Waals surface area (Å²) in [6.45, 7) is 0.585. The molecule has 1 saturated carbocycles. The molecule has 0 aliphatic heterocycles. The zero-order valence-electron chi connectivity index (χ0n) is 13.2. The van der Waals surface area contributed by atoms with Crippen LogP contribution in [0.25, 0.3) is 10.9 Å². The minimum Gasteiger partial charge on any atom is -0.493 e. The van der Waals surface area contributed by atoms with Gasteiger partial charge in [-0.1, -0.05) is 42.1 Å². The first-order chi connectivity index (χ1) is 11.8. The Balaban J connectivity index is 1.53. The summed E-state index contributed by atoms with van der Waals surface area (Å²) in [5, 5.41) is 1.51. The zero-order valence-corrected chi connectivity index (χ0v) is 14.0. The van der Waals surface area contributed by atoms with Crippen LogP contribution < -0.4 is 10.3 Å². The molecule has 1 aromatic heterocycles. The summed E-state index contributed by atoms with van der Waals surface area (Å²) in [6, 6.07) is 17.7. The molecule has 0 N–H and O–H groups in total. The van der Waals surface area contributed by atoms with Gasteiger partial charge in [0.25, 0.3) is 5.56 Å². The van der Waals surface area contributed by atoms with Crippen molar-refractivity contribution in [1.29, 1.82) is 0 Å². The van der Waals surface area contributed by atoms with E-state index in [0.29, 0.717) is 18.0 Å². The highest BCUT2D eigenvalue weighted by Gasteiger charge is 2.28. The van der Waals surface area contributed by atoms with Crippen LogP contribution in [0.4, 0.5) is 0 Å². The van der Waals surface area contributed by atoms with E-state index in [0.717, 1.165) is 35.0 Å². The van der Waals surface area contributed by atoms with E-state index in [9.17, 15) is 4.79 Å². The molecule has 4 nitrogen and oxygen atoms in total. The monoisotopic (exact) mass is 338 g/mol. The summed E-state index contributed by atoms with van der Waals surface area (Å²) >= 11 is 1.59. The Morgan fingerprint density at radius 2 is 1.83 bits per heavy atom. The summed E-state index contributed by atoms with van der Waals surface area (Å²) < 4.78 is 7.60. The molecule has 0 saturated heterocycles. The number of fused-ring (bicyclic) bond motifs is 1. The first-order valence-electron chi connectivity index (χ1n) is 8.15. The Kier molecular flexibility index (Phi) is 4.26. The number of para-hydroxylation sites is 2. The van der Waals surface area contributed by atoms with Crippen molar-refractivity contribution in [1.82, 2.24) is 9.55 Å². The molecule has 1 aliphatic carbocycles. The molecule has 1 heterocycles. The smallest absolute Gasteiger partial charge is 0.262 e. The van der Waals surface area contributed by atoms with Crippen molar-refractivity contribution in [2.45, 2.75) is 24.0 Å². The number of rotatable bonds is 6. The van der Waals surface area contributed by atoms with E-state index in [1.54, 1.807) is 11.8 Å². The molecule has 0 radical (unpaired) electrons. The van der Waals surface area contributed by atoms with Crippen LogP contribution in [0, 0.1) is 0 Å². The second-order valence-electron chi connectivity index (χ2n) is 5.83. The molecule has 0 amide bonds. The summed E-state index contributed by atoms with van der Waals surface area (Å²) in [4.78, 5) is 17.5. The molecule has 2 aromatic carbocycles. The summed E-state index contributed by atoms with van der Waals surface area (Å²) in [7, 11) is 0. The Bertz CT molecular complexity index is 904. The second kappa shape index (κ2) is 6.69. The van der Waals surface area contributed by atoms with E-state index in [1.165, 1.54) is 0 Å². The van der Waals surface area contributed by atoms with Gasteiger partial charge in [-0.25, -0.2) is 4.98 Å². The average Bonchev–Trinajstić information content (AvgIpc) is 3.45. The lowest BCUT2D eigenvalue weighted by atomic mass is 10.2. The lowest BCUT2D eigenvalue weighted by molar-refractivity contribution is 0.344. The third kappa shape index (κ3) is 3.17. The quantitative estimate of drug-likeness (QED) is 0.388. The maximum atomic E-state index is 12.8. The number of ether oxygens (including phenoxy) is 1. The Morgan fingerprint density at radius 3 is 2.62 bits per heavy atom. The molecule has 1 fully saturated rings. The highest BCUT2D eigenvalue weighted by molar-refractivity contribution is 7.99. The zero-order chi connectivity index (χ0) is 16.4. The van der Waals surface area contributed by atoms with Gasteiger partial charge < -0.3 is 4.74 Å². The van der Waals surface area contributed by atoms with Gasteiger partial charge in [0.1, 0.15) is 5.75 Å². The van der Waals surface area contributed by atoms with Gasteiger partial charge >= 0.3 is 0 Å². The third-order valence-electron chi connectivity index (χ3n) is 4.01. The van der Waals surface area contributed by atoms with E-state index in [-0.39, 0.29) is 5.56 Å². The first-order valence-corrected chi connectivity index (χ1v) is 9.13. The predicted molar refractivity (Wildman–Crippen MR) is 96.9 cm³/mol. The van der Waals surface area contributed by atoms with Crippen LogP contribution in [-0.2, 0) is 0 Å². The lowest BCUT2D eigenvalue weighted by Crippen LogP contribution is -2.22. The van der Waals surface area contributed by atoms with Crippen LogP contribution in [0.1, 0.15) is 18.9 Å². The van der Waals surface area contributed by atoms with Crippen LogP contribution in [0.5, 0.6) is 5.75 Å². The number of aromatic nitrogens is 2. The molecule has 3 aromatic rings. The number of benzene rings is 2. The third-order valence-corrected chi connectivity index (χ3v) is 4.93. The van der Waals surface area contributed by atoms with E-state index in [2.05, 4.69) is 0 Å². The van der Waals surface area contributed by atoms with Crippen molar-refractivity contribution in [2.24, 2.45) is 0 Å². The largest absolute Gasteiger partial charge is 0.493 e. The Labute approximate surface area is 144 Å². The maximum absolute atomic E-state index is 12.8. The second-order valence-corrected chi connectivity index (χ2v) is 6.89. The minimum atomic E-state index is 0.0783. The fourth-order valence-electron chi connectivity index (χ4n) is 2.69. The molecule has 5 heteroatoms. The normalized spacial score (nSPS) is 14.0. The Hall–Kier alpha value is -2.27. The maximum Gasteiger partial charge on any atom is 0.262 e. The highest BCUT2D eigenvalue weighted by Crippen LogP contribution is 2.36. The average molecular weight is 338 g/mol. The molecule has 0 bridgehead atoms. The van der Waals surface area contributed by atoms with Gasteiger partial charge in [-0.05, 0) is 37.1 Å². The van der Waals surface area contributed by atoms with Gasteiger partial charge in [0, 0.05) is 11.8 Å². The predicted octanol–water partition coefficient (Wildman–Crippen LogP) is 3.90. The van der Waals surface area contributed by atoms with E-state index in [4.69, 9.17) is 9.72 Å². The van der Waals surface area contributed by atoms with Crippen LogP contribution in [0.15, 0.2) is 64.5 Å². The van der Waals surface area contributed by atoms with Gasteiger partial charge in [0.05, 0.1) is 17.5 Å². The number of hydrogen-bond donors (Lipinski definition) is 0. The standard InChI is InChI=1S/C19H18N2O2S/c22-18-16-8-4-5-9-17(16)20-19(21(18)14-10-11-14)24-13-12-23-15-6-2-1-3-7-15/h1-9,14H,10-13H2. The molecule has 24 heavy (non-hydrogen) atoms. The molecule has 0 atom stereocenters. The van der Waals surface area contributed by atoms with Crippen molar-refractivity contribution in [2.75, 3.05) is 12.4 Å². The van der Waals surface area contributed by atoms with Crippen LogP contribution in [0.2, 0.25) is 0 Å². The topological polar surface area (TPSA) is 44.1 Å². The van der Waals surface area contributed by atoms with Crippen molar-refractivity contribution < 1.29 is 4.74 Å². The molecule has 1 aliphatic rings. The SMILES string of the molecule is O=c1c2ccccc2nc(SCCOc2ccccc2)n1C1CC1. The van der Waals surface area contributed by atoms with Crippen molar-refractivity contribution in [3.8, 4) is 5.75 Å². The van der Waals surface area contributed by atoms with E-state index < -0.39 is 0 Å². The summed E-state index contributed by atoms with van der Waals surface area (Å²) in [6.07, 6.45) is 2.13. The molecule has 0 spiro atoms. The fourth-order valence-corrected chi connectivity index (χ4v) is 3.57. The molecule has 4 rings (SSSR count). The summed E-state index contributed by atoms with van der Waals surface area (Å²) in [5.74, 6) is 1.62. The highest BCUT2D eigenvalue weighted by atomic mass is 32.2. The van der Waals surface area contributed by atoms with E-state index >= 15 is 0 Å². The van der Waals surface area contributed by atoms with Crippen molar-refractivity contribution in [3.05, 3.63) is 65.0 Å². The van der Waals surface area contributed by atoms with Crippen LogP contribution in [0.3, 0.4) is 0 Å². The van der Waals surface area contributed by atoms with Crippen LogP contribution >= 0.6 is 11.8 Å². The van der Waals surface area contributed by atoms with Gasteiger partial charge in [0.15, 0.2) is 5.16 Å². The molecular formula is C19H18N2O2S. The number of nitrogens with zero attached hydrogens (tertiary/aromatic N) is 2. The molecule has 122 valence electrons. The van der Waals surface area contributed by atoms with Crippen molar-refractivity contribution >= 4 is 22.7 Å². The number of hydrogen-bond acceptors (Lipinski definition) is 4. The summed E-state index contributed by atoms with van der Waals surface area (Å²) in [5.41, 5.74) is 0.848. The van der Waals surface area contributed by atoms with Crippen molar-refractivity contribution in [3.63, 3.8) is 0 Å². The van der Waals surface area contributed by atoms with Gasteiger partial charge in [-0.2, -0.15) is 0 Å². The van der Waals surface area contributed by atoms with Gasteiger partial charge in [-0.15, -0.1) is 0 Å². The van der Waals surface area contributed by atoms with Crippen LogP contribution in [-0.4, -0.2) is 21.9 Å². The molecular weight excluding hydrogens is 320 g/mol. The van der Waals surface area contributed by atoms with Gasteiger partial charge in [-0.3, -0.25) is 9.36 Å². The Morgan fingerprint density at radius 1 is 1.08 bits per heavy atom. The number of thioether (sulfide) groups is 1. The van der Waals surface area contributed by atoms with E-state index in [1.807, 2.05) is 59.2 Å². The lowest BCUT2D eigenvalue weighted by Gasteiger charge is -2.12. The fraction of sp³-hybridized carbons (Fsp3) is 0.263. The van der Waals surface area contributed by atoms with Gasteiger partial charge in [0.2, 0.25) is 0 Å².